The van der Waals surface area contributed by atoms with Gasteiger partial charge in [0.15, 0.2) is 0 Å². The van der Waals surface area contributed by atoms with Gasteiger partial charge in [-0.25, -0.2) is 0 Å². The summed E-state index contributed by atoms with van der Waals surface area (Å²) < 4.78 is 5.20. The Morgan fingerprint density at radius 3 is 2.38 bits per heavy atom. The lowest BCUT2D eigenvalue weighted by atomic mass is 9.93. The Labute approximate surface area is 185 Å². The molecule has 0 spiro atoms. The first-order valence-corrected chi connectivity index (χ1v) is 9.98. The smallest absolute Gasteiger partial charge is 0.295 e. The molecule has 1 atom stereocenters. The molecule has 0 saturated carbocycles. The van der Waals surface area contributed by atoms with E-state index in [4.69, 9.17) is 4.74 Å². The Kier molecular flexibility index (Phi) is 6.59. The van der Waals surface area contributed by atoms with E-state index in [2.05, 4.69) is 0 Å². The van der Waals surface area contributed by atoms with Gasteiger partial charge in [-0.2, -0.15) is 0 Å². The number of nitro benzene ring substituents is 1. The zero-order chi connectivity index (χ0) is 23.6. The number of likely N-dealkylation sites (tertiary alicyclic amines) is 1. The number of nitrogens with zero attached hydrogens (tertiary/aromatic N) is 3. The molecule has 1 fully saturated rings. The molecule has 0 aromatic heterocycles. The van der Waals surface area contributed by atoms with Gasteiger partial charge in [0.1, 0.15) is 11.5 Å². The number of aliphatic hydroxyl groups excluding tert-OH is 1. The minimum atomic E-state index is -0.864. The standard InChI is InChI=1S/C23H25N3O6/c1-14-13-17(32-4)9-10-18(14)21(27)19-20(15-5-7-16(8-6-15)26(30)31)25(12-11-24(2)3)23(29)22(19)28/h5-10,13,20,27H,11-12H2,1-4H3/b21-19+/t20-/m1/s1. The van der Waals surface area contributed by atoms with Crippen LogP contribution in [0, 0.1) is 17.0 Å². The van der Waals surface area contributed by atoms with E-state index in [0.29, 0.717) is 29.0 Å². The molecule has 0 radical (unpaired) electrons. The minimum Gasteiger partial charge on any atom is -0.507 e. The first-order valence-electron chi connectivity index (χ1n) is 9.98. The predicted molar refractivity (Wildman–Crippen MR) is 118 cm³/mol. The van der Waals surface area contributed by atoms with Crippen LogP contribution in [-0.4, -0.2) is 65.8 Å². The maximum atomic E-state index is 13.0. The average molecular weight is 439 g/mol. The molecule has 0 bridgehead atoms. The molecule has 2 aromatic rings. The third-order valence-electron chi connectivity index (χ3n) is 5.44. The number of likely N-dealkylation sites (N-methyl/N-ethyl adjacent to an activating group) is 1. The number of non-ortho nitro benzene ring substituents is 1. The maximum Gasteiger partial charge on any atom is 0.295 e. The molecule has 1 N–H and O–H groups in total. The largest absolute Gasteiger partial charge is 0.507 e. The van der Waals surface area contributed by atoms with Gasteiger partial charge in [-0.1, -0.05) is 0 Å². The third kappa shape index (κ3) is 4.33. The fourth-order valence-electron chi connectivity index (χ4n) is 3.72. The number of carbonyl (C=O) groups excluding carboxylic acids is 2. The fourth-order valence-corrected chi connectivity index (χ4v) is 3.72. The van der Waals surface area contributed by atoms with Crippen LogP contribution in [0.25, 0.3) is 5.76 Å². The number of hydrogen-bond donors (Lipinski definition) is 1. The van der Waals surface area contributed by atoms with Crippen molar-refractivity contribution in [3.8, 4) is 5.75 Å². The normalized spacial score (nSPS) is 17.8. The van der Waals surface area contributed by atoms with E-state index < -0.39 is 22.7 Å². The first-order chi connectivity index (χ1) is 15.1. The molecule has 2 aromatic carbocycles. The second-order valence-electron chi connectivity index (χ2n) is 7.83. The molecule has 1 aliphatic heterocycles. The highest BCUT2D eigenvalue weighted by molar-refractivity contribution is 6.46. The van der Waals surface area contributed by atoms with E-state index in [9.17, 15) is 24.8 Å². The number of hydrogen-bond acceptors (Lipinski definition) is 7. The highest BCUT2D eigenvalue weighted by atomic mass is 16.6. The van der Waals surface area contributed by atoms with Crippen LogP contribution in [-0.2, 0) is 9.59 Å². The number of Topliss-reactive ketones (excluding diaryl/α,β-unsaturated/α-hetero) is 1. The van der Waals surface area contributed by atoms with Gasteiger partial charge in [0.05, 0.1) is 23.6 Å². The van der Waals surface area contributed by atoms with Crippen LogP contribution < -0.4 is 4.74 Å². The van der Waals surface area contributed by atoms with Crippen LogP contribution in [0.4, 0.5) is 5.69 Å². The summed E-state index contributed by atoms with van der Waals surface area (Å²) in [6.45, 7) is 2.51. The number of carbonyl (C=O) groups is 2. The van der Waals surface area contributed by atoms with Crippen LogP contribution in [0.5, 0.6) is 5.75 Å². The molecular weight excluding hydrogens is 414 g/mol. The Hall–Kier alpha value is -3.72. The van der Waals surface area contributed by atoms with E-state index in [1.165, 1.54) is 36.3 Å². The second-order valence-corrected chi connectivity index (χ2v) is 7.83. The molecule has 1 heterocycles. The van der Waals surface area contributed by atoms with Crippen LogP contribution >= 0.6 is 0 Å². The van der Waals surface area contributed by atoms with E-state index >= 15 is 0 Å². The number of benzene rings is 2. The second kappa shape index (κ2) is 9.19. The van der Waals surface area contributed by atoms with E-state index in [1.54, 1.807) is 25.1 Å². The van der Waals surface area contributed by atoms with Crippen molar-refractivity contribution in [1.82, 2.24) is 9.80 Å². The van der Waals surface area contributed by atoms with Crippen molar-refractivity contribution in [2.45, 2.75) is 13.0 Å². The van der Waals surface area contributed by atoms with Crippen molar-refractivity contribution in [3.05, 3.63) is 74.8 Å². The number of rotatable bonds is 7. The van der Waals surface area contributed by atoms with Gasteiger partial charge >= 0.3 is 0 Å². The number of aryl methyl sites for hydroxylation is 1. The van der Waals surface area contributed by atoms with Gasteiger partial charge < -0.3 is 19.6 Å². The lowest BCUT2D eigenvalue weighted by molar-refractivity contribution is -0.384. The summed E-state index contributed by atoms with van der Waals surface area (Å²) in [6, 6.07) is 9.79. The zero-order valence-corrected chi connectivity index (χ0v) is 18.4. The SMILES string of the molecule is COc1ccc(/C(O)=C2\C(=O)C(=O)N(CCN(C)C)[C@@H]2c2ccc([N+](=O)[O-])cc2)c(C)c1. The molecule has 168 valence electrons. The molecule has 3 rings (SSSR count). The average Bonchev–Trinajstić information content (AvgIpc) is 3.01. The predicted octanol–water partition coefficient (Wildman–Crippen LogP) is 2.90. The Morgan fingerprint density at radius 1 is 1.19 bits per heavy atom. The maximum absolute atomic E-state index is 13.0. The zero-order valence-electron chi connectivity index (χ0n) is 18.4. The topological polar surface area (TPSA) is 113 Å². The molecule has 9 heteroatoms. The number of aliphatic hydroxyl groups is 1. The van der Waals surface area contributed by atoms with Crippen molar-refractivity contribution < 1.29 is 24.4 Å². The van der Waals surface area contributed by atoms with Gasteiger partial charge in [0.2, 0.25) is 0 Å². The highest BCUT2D eigenvalue weighted by Crippen LogP contribution is 2.40. The van der Waals surface area contributed by atoms with Crippen LogP contribution in [0.15, 0.2) is 48.0 Å². The number of nitro groups is 1. The lowest BCUT2D eigenvalue weighted by Crippen LogP contribution is -2.35. The monoisotopic (exact) mass is 439 g/mol. The summed E-state index contributed by atoms with van der Waals surface area (Å²) in [6.07, 6.45) is 0. The van der Waals surface area contributed by atoms with Crippen LogP contribution in [0.1, 0.15) is 22.7 Å². The van der Waals surface area contributed by atoms with Gasteiger partial charge in [-0.05, 0) is 62.5 Å². The first kappa shape index (κ1) is 23.0. The van der Waals surface area contributed by atoms with Gasteiger partial charge in [0, 0.05) is 30.8 Å². The highest BCUT2D eigenvalue weighted by Gasteiger charge is 2.46. The Bertz CT molecular complexity index is 1090. The Morgan fingerprint density at radius 2 is 1.84 bits per heavy atom. The van der Waals surface area contributed by atoms with Crippen molar-refractivity contribution in [1.29, 1.82) is 0 Å². The van der Waals surface area contributed by atoms with Crippen molar-refractivity contribution in [3.63, 3.8) is 0 Å². The van der Waals surface area contributed by atoms with E-state index in [1.807, 2.05) is 19.0 Å². The van der Waals surface area contributed by atoms with Gasteiger partial charge in [-0.15, -0.1) is 0 Å². The lowest BCUT2D eigenvalue weighted by Gasteiger charge is -2.26. The summed E-state index contributed by atoms with van der Waals surface area (Å²) in [4.78, 5) is 39.7. The van der Waals surface area contributed by atoms with Crippen molar-refractivity contribution >= 4 is 23.1 Å². The molecule has 1 amide bonds. The van der Waals surface area contributed by atoms with Crippen molar-refractivity contribution in [2.75, 3.05) is 34.3 Å². The molecule has 0 aliphatic carbocycles. The number of amides is 1. The van der Waals surface area contributed by atoms with Crippen LogP contribution in [0.3, 0.4) is 0 Å². The quantitative estimate of drug-likeness (QED) is 0.232. The van der Waals surface area contributed by atoms with Gasteiger partial charge in [0.25, 0.3) is 17.4 Å². The summed E-state index contributed by atoms with van der Waals surface area (Å²) in [7, 11) is 5.22. The number of ether oxygens (including phenoxy) is 1. The minimum absolute atomic E-state index is 0.0455. The summed E-state index contributed by atoms with van der Waals surface area (Å²) in [5, 5.41) is 22.2. The molecular formula is C23H25N3O6. The molecule has 32 heavy (non-hydrogen) atoms. The van der Waals surface area contributed by atoms with Gasteiger partial charge in [-0.3, -0.25) is 19.7 Å². The fraction of sp³-hybridized carbons (Fsp3) is 0.304. The third-order valence-corrected chi connectivity index (χ3v) is 5.44. The molecule has 1 aliphatic rings. The van der Waals surface area contributed by atoms with Crippen molar-refractivity contribution in [2.24, 2.45) is 0 Å². The molecule has 1 saturated heterocycles. The molecule has 9 nitrogen and oxygen atoms in total. The summed E-state index contributed by atoms with van der Waals surface area (Å²) >= 11 is 0. The van der Waals surface area contributed by atoms with E-state index in [-0.39, 0.29) is 23.6 Å². The molecule has 0 unspecified atom stereocenters. The number of ketones is 1. The van der Waals surface area contributed by atoms with Crippen LogP contribution in [0.2, 0.25) is 0 Å². The van der Waals surface area contributed by atoms with E-state index in [0.717, 1.165) is 0 Å². The Balaban J connectivity index is 2.16. The summed E-state index contributed by atoms with van der Waals surface area (Å²) in [5.74, 6) is -1.21. The number of methoxy groups -OCH3 is 1. The summed E-state index contributed by atoms with van der Waals surface area (Å²) in [5.41, 5.74) is 1.43.